The summed E-state index contributed by atoms with van der Waals surface area (Å²) in [6.07, 6.45) is 2.19. The molecular formula is C39H42NO2PSi. The average molecular weight is 616 g/mol. The molecule has 0 radical (unpaired) electrons. The van der Waals surface area contributed by atoms with Gasteiger partial charge < -0.3 is 4.43 Å². The molecule has 3 nitrogen and oxygen atoms in total. The van der Waals surface area contributed by atoms with E-state index >= 15 is 4.57 Å². The maximum atomic E-state index is 15.0. The second-order valence-corrected chi connectivity index (χ2v) is 19.1. The molecule has 44 heavy (non-hydrogen) atoms. The van der Waals surface area contributed by atoms with E-state index < -0.39 is 15.6 Å². The van der Waals surface area contributed by atoms with Crippen LogP contribution in [-0.4, -0.2) is 14.9 Å². The Balaban J connectivity index is 1.55. The molecule has 0 fully saturated rings. The minimum Gasteiger partial charge on any atom is -0.403 e. The first-order valence-corrected chi connectivity index (χ1v) is 18.8. The summed E-state index contributed by atoms with van der Waals surface area (Å²) in [4.78, 5) is 0. The van der Waals surface area contributed by atoms with Crippen molar-refractivity contribution in [3.05, 3.63) is 169 Å². The SMILES string of the molecule is CC(=C[C@@H](NP(=O)(c1ccccc1)c1ccccc1)c1ccccc1)CO[Si](c1ccccc1)(c1ccccc1)C(C)(C)C. The van der Waals surface area contributed by atoms with Gasteiger partial charge in [0.1, 0.15) is 0 Å². The van der Waals surface area contributed by atoms with Crippen LogP contribution in [0.5, 0.6) is 0 Å². The first kappa shape index (κ1) is 31.6. The molecule has 1 atom stereocenters. The first-order valence-electron chi connectivity index (χ1n) is 15.2. The van der Waals surface area contributed by atoms with Gasteiger partial charge in [0.15, 0.2) is 0 Å². The molecule has 0 saturated heterocycles. The van der Waals surface area contributed by atoms with Crippen LogP contribution in [0.1, 0.15) is 39.3 Å². The summed E-state index contributed by atoms with van der Waals surface area (Å²) in [7, 11) is -5.91. The van der Waals surface area contributed by atoms with Crippen LogP contribution in [0.15, 0.2) is 163 Å². The van der Waals surface area contributed by atoms with Crippen LogP contribution in [0.4, 0.5) is 0 Å². The van der Waals surface area contributed by atoms with Gasteiger partial charge in [0.05, 0.1) is 12.6 Å². The molecule has 0 aromatic heterocycles. The van der Waals surface area contributed by atoms with Gasteiger partial charge >= 0.3 is 0 Å². The lowest BCUT2D eigenvalue weighted by Gasteiger charge is -2.43. The summed E-state index contributed by atoms with van der Waals surface area (Å²) in [5.41, 5.74) is 2.12. The van der Waals surface area contributed by atoms with E-state index in [0.717, 1.165) is 21.7 Å². The van der Waals surface area contributed by atoms with Crippen LogP contribution < -0.4 is 26.1 Å². The Morgan fingerprint density at radius 3 is 1.48 bits per heavy atom. The molecule has 5 aromatic carbocycles. The van der Waals surface area contributed by atoms with Crippen LogP contribution in [0.25, 0.3) is 0 Å². The normalized spacial score (nSPS) is 13.4. The van der Waals surface area contributed by atoms with E-state index in [2.05, 4.69) is 112 Å². The fourth-order valence-corrected chi connectivity index (χ4v) is 12.9. The summed E-state index contributed by atoms with van der Waals surface area (Å²) in [5, 5.41) is 7.58. The van der Waals surface area contributed by atoms with E-state index in [1.54, 1.807) is 0 Å². The van der Waals surface area contributed by atoms with Crippen LogP contribution in [0.3, 0.4) is 0 Å². The molecule has 0 spiro atoms. The zero-order valence-corrected chi connectivity index (χ0v) is 28.0. The number of rotatable bonds is 11. The van der Waals surface area contributed by atoms with Crippen LogP contribution >= 0.6 is 7.29 Å². The molecule has 0 saturated carbocycles. The van der Waals surface area contributed by atoms with Gasteiger partial charge in [-0.2, -0.15) is 0 Å². The van der Waals surface area contributed by atoms with Gasteiger partial charge in [0, 0.05) is 10.6 Å². The van der Waals surface area contributed by atoms with Crippen molar-refractivity contribution in [2.45, 2.75) is 38.8 Å². The van der Waals surface area contributed by atoms with Crippen molar-refractivity contribution >= 4 is 36.6 Å². The Kier molecular flexibility index (Phi) is 9.98. The lowest BCUT2D eigenvalue weighted by atomic mass is 10.1. The molecule has 0 aliphatic heterocycles. The van der Waals surface area contributed by atoms with Crippen molar-refractivity contribution in [3.8, 4) is 0 Å². The second-order valence-electron chi connectivity index (χ2n) is 12.3. The third-order valence-electron chi connectivity index (χ3n) is 8.10. The lowest BCUT2D eigenvalue weighted by Crippen LogP contribution is -2.66. The van der Waals surface area contributed by atoms with Gasteiger partial charge in [-0.15, -0.1) is 0 Å². The average Bonchev–Trinajstić information content (AvgIpc) is 3.06. The van der Waals surface area contributed by atoms with E-state index in [4.69, 9.17) is 4.43 Å². The molecule has 0 bridgehead atoms. The summed E-state index contributed by atoms with van der Waals surface area (Å²) >= 11 is 0. The minimum absolute atomic E-state index is 0.122. The Morgan fingerprint density at radius 1 is 0.682 bits per heavy atom. The Labute approximate surface area is 264 Å². The van der Waals surface area contributed by atoms with Crippen molar-refractivity contribution in [2.75, 3.05) is 6.61 Å². The van der Waals surface area contributed by atoms with E-state index in [0.29, 0.717) is 6.61 Å². The Morgan fingerprint density at radius 2 is 1.07 bits per heavy atom. The molecule has 5 aromatic rings. The molecule has 0 heterocycles. The standard InChI is InChI=1S/C39H42NO2PSi/c1-32(31-42-44(39(2,3)4,36-26-16-8-17-27-36)37-28-18-9-19-29-37)30-38(33-20-10-5-11-21-33)40-43(41,34-22-12-6-13-23-34)35-24-14-7-15-25-35/h5-30,38H,31H2,1-4H3,(H,40,41)/t38-/m1/s1. The largest absolute Gasteiger partial charge is 0.403 e. The molecule has 0 amide bonds. The van der Waals surface area contributed by atoms with E-state index in [9.17, 15) is 0 Å². The second kappa shape index (κ2) is 13.9. The summed E-state index contributed by atoms with van der Waals surface area (Å²) in [5.74, 6) is 0. The van der Waals surface area contributed by atoms with E-state index in [1.807, 2.05) is 78.9 Å². The van der Waals surface area contributed by atoms with E-state index in [1.165, 1.54) is 10.4 Å². The minimum atomic E-state index is -3.20. The molecule has 0 aliphatic carbocycles. The molecular weight excluding hydrogens is 573 g/mol. The zero-order valence-electron chi connectivity index (χ0n) is 26.1. The number of nitrogens with one attached hydrogen (secondary N) is 1. The van der Waals surface area contributed by atoms with Gasteiger partial charge in [0.25, 0.3) is 8.32 Å². The van der Waals surface area contributed by atoms with Gasteiger partial charge in [0.2, 0.25) is 7.29 Å². The highest BCUT2D eigenvalue weighted by atomic mass is 31.2. The third kappa shape index (κ3) is 6.80. The Hall–Kier alpha value is -3.79. The zero-order chi connectivity index (χ0) is 31.0. The molecule has 5 rings (SSSR count). The van der Waals surface area contributed by atoms with Crippen molar-refractivity contribution < 1.29 is 8.99 Å². The predicted octanol–water partition coefficient (Wildman–Crippen LogP) is 7.77. The molecule has 1 N–H and O–H groups in total. The lowest BCUT2D eigenvalue weighted by molar-refractivity contribution is 0.329. The van der Waals surface area contributed by atoms with E-state index in [-0.39, 0.29) is 11.1 Å². The third-order valence-corrected chi connectivity index (χ3v) is 15.8. The molecule has 0 aliphatic rings. The molecule has 0 unspecified atom stereocenters. The smallest absolute Gasteiger partial charge is 0.261 e. The first-order chi connectivity index (χ1) is 21.2. The fourth-order valence-electron chi connectivity index (χ4n) is 5.95. The molecule has 5 heteroatoms. The van der Waals surface area contributed by atoms with Gasteiger partial charge in [-0.3, -0.25) is 4.57 Å². The summed E-state index contributed by atoms with van der Waals surface area (Å²) < 4.78 is 22.3. The van der Waals surface area contributed by atoms with Gasteiger partial charge in [-0.25, -0.2) is 5.09 Å². The topological polar surface area (TPSA) is 38.3 Å². The van der Waals surface area contributed by atoms with Crippen LogP contribution in [0, 0.1) is 0 Å². The maximum Gasteiger partial charge on any atom is 0.261 e. The predicted molar refractivity (Wildman–Crippen MR) is 189 cm³/mol. The van der Waals surface area contributed by atoms with Crippen LogP contribution in [0.2, 0.25) is 5.04 Å². The van der Waals surface area contributed by atoms with Crippen molar-refractivity contribution in [2.24, 2.45) is 0 Å². The van der Waals surface area contributed by atoms with Gasteiger partial charge in [-0.05, 0) is 52.2 Å². The van der Waals surface area contributed by atoms with Gasteiger partial charge in [-0.1, -0.05) is 160 Å². The highest BCUT2D eigenvalue weighted by molar-refractivity contribution is 7.76. The Bertz CT molecular complexity index is 1600. The summed E-state index contributed by atoms with van der Waals surface area (Å²) in [6.45, 7) is 9.46. The monoisotopic (exact) mass is 615 g/mol. The van der Waals surface area contributed by atoms with Crippen LogP contribution in [-0.2, 0) is 8.99 Å². The quantitative estimate of drug-likeness (QED) is 0.0938. The maximum absolute atomic E-state index is 15.0. The van der Waals surface area contributed by atoms with Crippen molar-refractivity contribution in [3.63, 3.8) is 0 Å². The fraction of sp³-hybridized carbons (Fsp3) is 0.179. The number of hydrogen-bond acceptors (Lipinski definition) is 2. The van der Waals surface area contributed by atoms with Crippen molar-refractivity contribution in [1.29, 1.82) is 0 Å². The number of hydrogen-bond donors (Lipinski definition) is 1. The highest BCUT2D eigenvalue weighted by Crippen LogP contribution is 2.42. The van der Waals surface area contributed by atoms with Crippen molar-refractivity contribution in [1.82, 2.24) is 5.09 Å². The molecule has 224 valence electrons. The summed E-state index contributed by atoms with van der Waals surface area (Å²) in [6, 6.07) is 50.9. The highest BCUT2D eigenvalue weighted by Gasteiger charge is 2.50. The number of benzene rings is 5.